The number of aromatic nitrogens is 2. The molecule has 0 unspecified atom stereocenters. The lowest BCUT2D eigenvalue weighted by atomic mass is 9.90. The van der Waals surface area contributed by atoms with Crippen molar-refractivity contribution in [2.45, 2.75) is 24.8 Å². The number of rotatable bonds is 5. The highest BCUT2D eigenvalue weighted by atomic mass is 16.2. The van der Waals surface area contributed by atoms with Gasteiger partial charge in [0.1, 0.15) is 0 Å². The van der Waals surface area contributed by atoms with Crippen molar-refractivity contribution in [3.8, 4) is 0 Å². The summed E-state index contributed by atoms with van der Waals surface area (Å²) in [6.45, 7) is 1.36. The summed E-state index contributed by atoms with van der Waals surface area (Å²) < 4.78 is 1.75. The lowest BCUT2D eigenvalue weighted by Crippen LogP contribution is -2.30. The van der Waals surface area contributed by atoms with Gasteiger partial charge in [-0.15, -0.1) is 0 Å². The summed E-state index contributed by atoms with van der Waals surface area (Å²) in [5.41, 5.74) is 2.13. The normalized spacial score (nSPS) is 22.2. The van der Waals surface area contributed by atoms with Crippen LogP contribution in [0.4, 0.5) is 5.69 Å². The molecule has 2 aliphatic rings. The van der Waals surface area contributed by atoms with Gasteiger partial charge in [-0.3, -0.25) is 14.3 Å². The monoisotopic (exact) mass is 353 g/mol. The van der Waals surface area contributed by atoms with Crippen molar-refractivity contribution in [1.82, 2.24) is 20.4 Å². The number of hydrogen-bond acceptors (Lipinski definition) is 4. The number of hydrogen-bond donors (Lipinski definition) is 3. The Kier molecular flexibility index (Phi) is 4.46. The third-order valence-electron chi connectivity index (χ3n) is 5.05. The summed E-state index contributed by atoms with van der Waals surface area (Å²) in [6.07, 6.45) is 5.82. The summed E-state index contributed by atoms with van der Waals surface area (Å²) in [5, 5.41) is 13.4. The predicted octanol–water partition coefficient (Wildman–Crippen LogP) is 1.25. The third kappa shape index (κ3) is 3.48. The van der Waals surface area contributed by atoms with Gasteiger partial charge in [0.25, 0.3) is 5.91 Å². The lowest BCUT2D eigenvalue weighted by molar-refractivity contribution is -0.119. The summed E-state index contributed by atoms with van der Waals surface area (Å²) in [4.78, 5) is 25.3. The minimum atomic E-state index is -0.196. The zero-order chi connectivity index (χ0) is 18.1. The largest absolute Gasteiger partial charge is 0.349 e. The van der Waals surface area contributed by atoms with Crippen molar-refractivity contribution in [2.24, 2.45) is 13.0 Å². The fourth-order valence-corrected chi connectivity index (χ4v) is 3.44. The van der Waals surface area contributed by atoms with Crippen molar-refractivity contribution >= 4 is 17.5 Å². The van der Waals surface area contributed by atoms with Crippen LogP contribution < -0.4 is 16.0 Å². The maximum absolute atomic E-state index is 12.9. The van der Waals surface area contributed by atoms with E-state index in [9.17, 15) is 9.59 Å². The first-order valence-electron chi connectivity index (χ1n) is 9.02. The van der Waals surface area contributed by atoms with Crippen LogP contribution >= 0.6 is 0 Å². The zero-order valence-electron chi connectivity index (χ0n) is 14.7. The molecule has 26 heavy (non-hydrogen) atoms. The summed E-state index contributed by atoms with van der Waals surface area (Å²) in [6, 6.07) is 7.45. The maximum atomic E-state index is 12.9. The summed E-state index contributed by atoms with van der Waals surface area (Å²) in [5.74, 6) is -0.317. The summed E-state index contributed by atoms with van der Waals surface area (Å²) in [7, 11) is 1.87. The molecular formula is C19H23N5O2. The van der Waals surface area contributed by atoms with E-state index in [0.717, 1.165) is 24.9 Å². The molecule has 1 aromatic heterocycles. The quantitative estimate of drug-likeness (QED) is 0.755. The standard InChI is InChI=1S/C19H23N5O2/c1-24-11-12(8-21-24)15-9-20-10-16(15)19(26)23-17-5-3-2-4-14(17)18(25)22-13-6-7-13/h2-5,8,11,13,15-16,20H,6-7,9-10H2,1H3,(H,22,25)(H,23,26)/t15-,16+/m1/s1. The first-order valence-corrected chi connectivity index (χ1v) is 9.02. The van der Waals surface area contributed by atoms with E-state index in [1.54, 1.807) is 16.8 Å². The smallest absolute Gasteiger partial charge is 0.253 e. The molecule has 7 nitrogen and oxygen atoms in total. The molecule has 1 saturated carbocycles. The van der Waals surface area contributed by atoms with Crippen LogP contribution in [0.1, 0.15) is 34.7 Å². The molecule has 0 spiro atoms. The van der Waals surface area contributed by atoms with Gasteiger partial charge in [0.15, 0.2) is 0 Å². The maximum Gasteiger partial charge on any atom is 0.253 e. The van der Waals surface area contributed by atoms with Gasteiger partial charge in [0.2, 0.25) is 5.91 Å². The molecule has 2 aromatic rings. The Bertz CT molecular complexity index is 827. The van der Waals surface area contributed by atoms with Crippen LogP contribution in [-0.4, -0.2) is 40.7 Å². The lowest BCUT2D eigenvalue weighted by Gasteiger charge is -2.18. The average molecular weight is 353 g/mol. The van der Waals surface area contributed by atoms with Crippen LogP contribution in [0, 0.1) is 5.92 Å². The first kappa shape index (κ1) is 16.8. The van der Waals surface area contributed by atoms with Gasteiger partial charge in [-0.1, -0.05) is 12.1 Å². The number of anilines is 1. The molecule has 1 saturated heterocycles. The molecule has 2 atom stereocenters. The van der Waals surface area contributed by atoms with Gasteiger partial charge < -0.3 is 16.0 Å². The minimum Gasteiger partial charge on any atom is -0.349 e. The van der Waals surface area contributed by atoms with E-state index >= 15 is 0 Å². The van der Waals surface area contributed by atoms with Crippen molar-refractivity contribution in [1.29, 1.82) is 0 Å². The van der Waals surface area contributed by atoms with Crippen molar-refractivity contribution in [2.75, 3.05) is 18.4 Å². The Balaban J connectivity index is 1.50. The van der Waals surface area contributed by atoms with Crippen molar-refractivity contribution < 1.29 is 9.59 Å². The Morgan fingerprint density at radius 1 is 1.23 bits per heavy atom. The second-order valence-electron chi connectivity index (χ2n) is 7.10. The second kappa shape index (κ2) is 6.92. The average Bonchev–Trinajstić information content (AvgIpc) is 3.13. The minimum absolute atomic E-state index is 0.0736. The van der Waals surface area contributed by atoms with Crippen LogP contribution in [0.2, 0.25) is 0 Å². The Labute approximate surface area is 152 Å². The number of aryl methyl sites for hydroxylation is 1. The third-order valence-corrected chi connectivity index (χ3v) is 5.05. The predicted molar refractivity (Wildman–Crippen MR) is 97.9 cm³/mol. The van der Waals surface area contributed by atoms with E-state index in [1.165, 1.54) is 0 Å². The van der Waals surface area contributed by atoms with Gasteiger partial charge in [-0.05, 0) is 30.5 Å². The molecule has 1 aliphatic carbocycles. The van der Waals surface area contributed by atoms with Gasteiger partial charge in [-0.25, -0.2) is 0 Å². The molecule has 1 aliphatic heterocycles. The number of carbonyl (C=O) groups is 2. The fourth-order valence-electron chi connectivity index (χ4n) is 3.44. The molecule has 0 bridgehead atoms. The molecule has 2 fully saturated rings. The van der Waals surface area contributed by atoms with Gasteiger partial charge in [-0.2, -0.15) is 5.10 Å². The number of nitrogens with zero attached hydrogens (tertiary/aromatic N) is 2. The number of nitrogens with one attached hydrogen (secondary N) is 3. The van der Waals surface area contributed by atoms with E-state index in [4.69, 9.17) is 0 Å². The van der Waals surface area contributed by atoms with E-state index in [-0.39, 0.29) is 29.7 Å². The van der Waals surface area contributed by atoms with Crippen LogP contribution in [0.3, 0.4) is 0 Å². The fraction of sp³-hybridized carbons (Fsp3) is 0.421. The Morgan fingerprint density at radius 2 is 2.04 bits per heavy atom. The molecule has 7 heteroatoms. The van der Waals surface area contributed by atoms with Crippen molar-refractivity contribution in [3.63, 3.8) is 0 Å². The molecule has 1 aromatic carbocycles. The Hall–Kier alpha value is -2.67. The van der Waals surface area contributed by atoms with Crippen LogP contribution in [0.5, 0.6) is 0 Å². The second-order valence-corrected chi connectivity index (χ2v) is 7.10. The molecular weight excluding hydrogens is 330 g/mol. The SMILES string of the molecule is Cn1cc([C@H]2CNC[C@@H]2C(=O)Nc2ccccc2C(=O)NC2CC2)cn1. The van der Waals surface area contributed by atoms with E-state index in [1.807, 2.05) is 31.6 Å². The van der Waals surface area contributed by atoms with Crippen LogP contribution in [-0.2, 0) is 11.8 Å². The van der Waals surface area contributed by atoms with Crippen LogP contribution in [0.25, 0.3) is 0 Å². The molecule has 0 radical (unpaired) electrons. The highest BCUT2D eigenvalue weighted by molar-refractivity contribution is 6.04. The number of benzene rings is 1. The first-order chi connectivity index (χ1) is 12.6. The Morgan fingerprint density at radius 3 is 2.77 bits per heavy atom. The van der Waals surface area contributed by atoms with Crippen molar-refractivity contribution in [3.05, 3.63) is 47.8 Å². The molecule has 136 valence electrons. The highest BCUT2D eigenvalue weighted by Gasteiger charge is 2.35. The number of para-hydroxylation sites is 1. The summed E-state index contributed by atoms with van der Waals surface area (Å²) >= 11 is 0. The van der Waals surface area contributed by atoms with E-state index in [2.05, 4.69) is 21.0 Å². The highest BCUT2D eigenvalue weighted by Crippen LogP contribution is 2.29. The number of carbonyl (C=O) groups excluding carboxylic acids is 2. The molecule has 3 N–H and O–H groups in total. The molecule has 2 heterocycles. The van der Waals surface area contributed by atoms with E-state index < -0.39 is 0 Å². The van der Waals surface area contributed by atoms with Gasteiger partial charge in [0, 0.05) is 38.3 Å². The van der Waals surface area contributed by atoms with Crippen LogP contribution in [0.15, 0.2) is 36.7 Å². The zero-order valence-corrected chi connectivity index (χ0v) is 14.7. The van der Waals surface area contributed by atoms with Gasteiger partial charge >= 0.3 is 0 Å². The topological polar surface area (TPSA) is 88.0 Å². The van der Waals surface area contributed by atoms with Gasteiger partial charge in [0.05, 0.1) is 23.4 Å². The molecule has 4 rings (SSSR count). The number of amides is 2. The van der Waals surface area contributed by atoms with E-state index in [0.29, 0.717) is 17.8 Å². The molecule has 2 amide bonds.